The second-order valence-electron chi connectivity index (χ2n) is 4.64. The van der Waals surface area contributed by atoms with Gasteiger partial charge in [-0.1, -0.05) is 19.1 Å². The molecule has 1 aromatic rings. The van der Waals surface area contributed by atoms with Gasteiger partial charge in [-0.3, -0.25) is 4.79 Å². The lowest BCUT2D eigenvalue weighted by molar-refractivity contribution is -0.116. The molecule has 6 nitrogen and oxygen atoms in total. The summed E-state index contributed by atoms with van der Waals surface area (Å²) in [6.07, 6.45) is 0.929. The summed E-state index contributed by atoms with van der Waals surface area (Å²) in [6.45, 7) is 1.82. The minimum absolute atomic E-state index is 0.226. The van der Waals surface area contributed by atoms with Crippen molar-refractivity contribution >= 4 is 21.8 Å². The highest BCUT2D eigenvalue weighted by Crippen LogP contribution is 2.10. The molecule has 7 heteroatoms. The Morgan fingerprint density at radius 3 is 2.15 bits per heavy atom. The van der Waals surface area contributed by atoms with Gasteiger partial charge < -0.3 is 5.32 Å². The normalized spacial score (nSPS) is 11.9. The quantitative estimate of drug-likeness (QED) is 0.849. The first-order valence-electron chi connectivity index (χ1n) is 6.30. The Morgan fingerprint density at radius 2 is 1.70 bits per heavy atom. The van der Waals surface area contributed by atoms with Crippen molar-refractivity contribution in [1.29, 1.82) is 0 Å². The van der Waals surface area contributed by atoms with Crippen LogP contribution in [0, 0.1) is 0 Å². The maximum Gasteiger partial charge on any atom is 0.281 e. The number of amides is 1. The van der Waals surface area contributed by atoms with E-state index in [-0.39, 0.29) is 12.5 Å². The van der Waals surface area contributed by atoms with Crippen LogP contribution in [-0.4, -0.2) is 50.6 Å². The number of nitrogens with one attached hydrogen (secondary N) is 1. The van der Waals surface area contributed by atoms with Crippen molar-refractivity contribution in [3.63, 3.8) is 0 Å². The molecular formula is C13H21N3O3S. The molecule has 0 atom stereocenters. The summed E-state index contributed by atoms with van der Waals surface area (Å²) in [4.78, 5) is 11.8. The number of aryl methyl sites for hydroxylation is 1. The molecule has 0 fully saturated rings. The number of carbonyl (C=O) groups excluding carboxylic acids is 1. The van der Waals surface area contributed by atoms with E-state index < -0.39 is 10.2 Å². The zero-order valence-corrected chi connectivity index (χ0v) is 13.1. The highest BCUT2D eigenvalue weighted by atomic mass is 32.2. The zero-order valence-electron chi connectivity index (χ0n) is 12.3. The van der Waals surface area contributed by atoms with Crippen LogP contribution in [-0.2, 0) is 21.4 Å². The second kappa shape index (κ2) is 6.83. The van der Waals surface area contributed by atoms with Crippen molar-refractivity contribution in [2.45, 2.75) is 13.3 Å². The Morgan fingerprint density at radius 1 is 1.15 bits per heavy atom. The van der Waals surface area contributed by atoms with E-state index >= 15 is 0 Å². The van der Waals surface area contributed by atoms with Crippen LogP contribution >= 0.6 is 0 Å². The Kier molecular flexibility index (Phi) is 5.67. The molecule has 0 bridgehead atoms. The number of hydrogen-bond acceptors (Lipinski definition) is 3. The van der Waals surface area contributed by atoms with Crippen LogP contribution in [0.4, 0.5) is 5.69 Å². The van der Waals surface area contributed by atoms with Crippen molar-refractivity contribution in [2.75, 3.05) is 33.0 Å². The van der Waals surface area contributed by atoms with Crippen LogP contribution in [0.15, 0.2) is 24.3 Å². The van der Waals surface area contributed by atoms with Gasteiger partial charge in [-0.15, -0.1) is 0 Å². The summed E-state index contributed by atoms with van der Waals surface area (Å²) >= 11 is 0. The van der Waals surface area contributed by atoms with E-state index in [1.54, 1.807) is 12.1 Å². The summed E-state index contributed by atoms with van der Waals surface area (Å²) in [5.41, 5.74) is 1.83. The van der Waals surface area contributed by atoms with Crippen LogP contribution in [0.5, 0.6) is 0 Å². The van der Waals surface area contributed by atoms with Crippen LogP contribution in [0.25, 0.3) is 0 Å². The van der Waals surface area contributed by atoms with Gasteiger partial charge in [-0.25, -0.2) is 0 Å². The minimum Gasteiger partial charge on any atom is -0.325 e. The molecule has 0 unspecified atom stereocenters. The number of nitrogens with zero attached hydrogens (tertiary/aromatic N) is 2. The molecule has 20 heavy (non-hydrogen) atoms. The molecule has 1 rings (SSSR count). The highest BCUT2D eigenvalue weighted by molar-refractivity contribution is 7.86. The first-order valence-corrected chi connectivity index (χ1v) is 7.69. The predicted molar refractivity (Wildman–Crippen MR) is 79.7 cm³/mol. The Labute approximate surface area is 120 Å². The summed E-state index contributed by atoms with van der Waals surface area (Å²) in [5.74, 6) is -0.373. The summed E-state index contributed by atoms with van der Waals surface area (Å²) < 4.78 is 25.6. The van der Waals surface area contributed by atoms with Gasteiger partial charge in [0.05, 0.1) is 6.54 Å². The van der Waals surface area contributed by atoms with Crippen LogP contribution < -0.4 is 5.32 Å². The van der Waals surface area contributed by atoms with Crippen LogP contribution in [0.2, 0.25) is 0 Å². The van der Waals surface area contributed by atoms with Gasteiger partial charge in [0.1, 0.15) is 0 Å². The fourth-order valence-corrected chi connectivity index (χ4v) is 2.42. The lowest BCUT2D eigenvalue weighted by atomic mass is 10.1. The molecule has 0 saturated carbocycles. The lowest BCUT2D eigenvalue weighted by Crippen LogP contribution is -2.41. The molecule has 0 aromatic heterocycles. The van der Waals surface area contributed by atoms with E-state index in [0.717, 1.165) is 15.0 Å². The summed E-state index contributed by atoms with van der Waals surface area (Å²) in [7, 11) is 0.649. The fraction of sp³-hybridized carbons (Fsp3) is 0.462. The van der Waals surface area contributed by atoms with E-state index in [9.17, 15) is 13.2 Å². The van der Waals surface area contributed by atoms with Gasteiger partial charge in [-0.2, -0.15) is 17.0 Å². The smallest absolute Gasteiger partial charge is 0.281 e. The number of likely N-dealkylation sites (N-methyl/N-ethyl adjacent to an activating group) is 1. The van der Waals surface area contributed by atoms with E-state index in [0.29, 0.717) is 5.69 Å². The van der Waals surface area contributed by atoms with E-state index in [2.05, 4.69) is 12.2 Å². The van der Waals surface area contributed by atoms with Gasteiger partial charge in [0.15, 0.2) is 0 Å². The monoisotopic (exact) mass is 299 g/mol. The predicted octanol–water partition coefficient (Wildman–Crippen LogP) is 0.926. The Balaban J connectivity index is 2.63. The van der Waals surface area contributed by atoms with E-state index in [4.69, 9.17) is 0 Å². The van der Waals surface area contributed by atoms with E-state index in [1.807, 2.05) is 12.1 Å². The van der Waals surface area contributed by atoms with Gasteiger partial charge in [-0.05, 0) is 24.1 Å². The number of hydrogen-bond donors (Lipinski definition) is 1. The number of carbonyl (C=O) groups is 1. The molecule has 0 aliphatic rings. The third kappa shape index (κ3) is 4.29. The minimum atomic E-state index is -3.57. The van der Waals surface area contributed by atoms with Gasteiger partial charge in [0.25, 0.3) is 10.2 Å². The molecule has 0 aliphatic carbocycles. The second-order valence-corrected chi connectivity index (χ2v) is 6.89. The molecule has 1 N–H and O–H groups in total. The third-order valence-corrected chi connectivity index (χ3v) is 4.71. The molecule has 1 amide bonds. The Bertz CT molecular complexity index is 553. The standard InChI is InChI=1S/C13H21N3O3S/c1-5-11-6-8-12(9-7-11)14-13(17)10-16(4)20(18,19)15(2)3/h6-9H,5,10H2,1-4H3,(H,14,17). The lowest BCUT2D eigenvalue weighted by Gasteiger charge is -2.20. The summed E-state index contributed by atoms with van der Waals surface area (Å²) in [6, 6.07) is 7.46. The van der Waals surface area contributed by atoms with Crippen molar-refractivity contribution in [3.05, 3.63) is 29.8 Å². The average molecular weight is 299 g/mol. The number of rotatable bonds is 6. The van der Waals surface area contributed by atoms with Gasteiger partial charge in [0.2, 0.25) is 5.91 Å². The third-order valence-electron chi connectivity index (χ3n) is 2.87. The largest absolute Gasteiger partial charge is 0.325 e. The molecular weight excluding hydrogens is 278 g/mol. The molecule has 1 aromatic carbocycles. The molecule has 0 aliphatic heterocycles. The molecule has 0 saturated heterocycles. The molecule has 0 heterocycles. The van der Waals surface area contributed by atoms with Crippen molar-refractivity contribution in [1.82, 2.24) is 8.61 Å². The SMILES string of the molecule is CCc1ccc(NC(=O)CN(C)S(=O)(=O)N(C)C)cc1. The van der Waals surface area contributed by atoms with Gasteiger partial charge >= 0.3 is 0 Å². The highest BCUT2D eigenvalue weighted by Gasteiger charge is 2.22. The average Bonchev–Trinajstić information content (AvgIpc) is 2.39. The number of benzene rings is 1. The zero-order chi connectivity index (χ0) is 15.3. The Hall–Kier alpha value is -1.44. The van der Waals surface area contributed by atoms with Crippen molar-refractivity contribution in [2.24, 2.45) is 0 Å². The molecule has 0 spiro atoms. The summed E-state index contributed by atoms with van der Waals surface area (Å²) in [5, 5.41) is 2.67. The first kappa shape index (κ1) is 16.6. The van der Waals surface area contributed by atoms with Crippen LogP contribution in [0.1, 0.15) is 12.5 Å². The van der Waals surface area contributed by atoms with Crippen LogP contribution in [0.3, 0.4) is 0 Å². The number of anilines is 1. The molecule has 0 radical (unpaired) electrons. The van der Waals surface area contributed by atoms with E-state index in [1.165, 1.54) is 26.7 Å². The van der Waals surface area contributed by atoms with Crippen molar-refractivity contribution < 1.29 is 13.2 Å². The fourth-order valence-electron chi connectivity index (χ4n) is 1.59. The molecule has 112 valence electrons. The first-order chi connectivity index (χ1) is 9.27. The van der Waals surface area contributed by atoms with Crippen molar-refractivity contribution in [3.8, 4) is 0 Å². The van der Waals surface area contributed by atoms with Gasteiger partial charge in [0, 0.05) is 26.8 Å². The maximum absolute atomic E-state index is 11.8. The topological polar surface area (TPSA) is 69.7 Å². The maximum atomic E-state index is 11.8.